The van der Waals surface area contributed by atoms with Crippen molar-refractivity contribution in [2.24, 2.45) is 0 Å². The Morgan fingerprint density at radius 3 is 2.41 bits per heavy atom. The molecular formula is C25H20FN3O4S. The van der Waals surface area contributed by atoms with E-state index in [0.29, 0.717) is 16.8 Å². The molecule has 1 heterocycles. The lowest BCUT2D eigenvalue weighted by molar-refractivity contribution is 0.101. The Bertz CT molecular complexity index is 1280. The van der Waals surface area contributed by atoms with Crippen LogP contribution in [-0.4, -0.2) is 27.6 Å². The predicted octanol–water partition coefficient (Wildman–Crippen LogP) is 5.58. The van der Waals surface area contributed by atoms with E-state index in [9.17, 15) is 14.0 Å². The molecule has 7 nitrogen and oxygen atoms in total. The van der Waals surface area contributed by atoms with E-state index in [2.05, 4.69) is 15.5 Å². The van der Waals surface area contributed by atoms with E-state index < -0.39 is 11.9 Å². The average Bonchev–Trinajstić information content (AvgIpc) is 3.34. The summed E-state index contributed by atoms with van der Waals surface area (Å²) in [7, 11) is 0. The summed E-state index contributed by atoms with van der Waals surface area (Å²) in [5.74, 6) is -0.505. The first kappa shape index (κ1) is 23.2. The number of nitrogens with zero attached hydrogens (tertiary/aromatic N) is 2. The normalized spacial score (nSPS) is 11.6. The van der Waals surface area contributed by atoms with Gasteiger partial charge in [0.15, 0.2) is 23.5 Å². The summed E-state index contributed by atoms with van der Waals surface area (Å²) in [5, 5.41) is 10.8. The summed E-state index contributed by atoms with van der Waals surface area (Å²) in [4.78, 5) is 24.8. The van der Waals surface area contributed by atoms with E-state index in [1.54, 1.807) is 67.6 Å². The molecule has 1 N–H and O–H groups in total. The van der Waals surface area contributed by atoms with Crippen molar-refractivity contribution in [2.75, 3.05) is 11.1 Å². The Kier molecular flexibility index (Phi) is 7.34. The largest absolute Gasteiger partial charge is 0.478 e. The molecule has 4 rings (SSSR count). The third kappa shape index (κ3) is 5.87. The molecule has 0 unspecified atom stereocenters. The van der Waals surface area contributed by atoms with Gasteiger partial charge in [-0.2, -0.15) is 0 Å². The topological polar surface area (TPSA) is 94.3 Å². The number of anilines is 1. The van der Waals surface area contributed by atoms with E-state index in [-0.39, 0.29) is 34.3 Å². The van der Waals surface area contributed by atoms with Gasteiger partial charge in [-0.15, -0.1) is 10.2 Å². The van der Waals surface area contributed by atoms with Crippen LogP contribution in [0.2, 0.25) is 0 Å². The van der Waals surface area contributed by atoms with E-state index in [1.807, 2.05) is 6.07 Å². The SMILES string of the molecule is C[C@H](Oc1ccccc1F)c1nnc(SCC(=O)c2ccc(NC(=O)c3ccccc3)cc2)o1. The number of halogens is 1. The van der Waals surface area contributed by atoms with Crippen molar-refractivity contribution in [3.8, 4) is 5.75 Å². The smallest absolute Gasteiger partial charge is 0.277 e. The van der Waals surface area contributed by atoms with Gasteiger partial charge in [-0.1, -0.05) is 42.1 Å². The first-order valence-corrected chi connectivity index (χ1v) is 11.3. The highest BCUT2D eigenvalue weighted by Gasteiger charge is 2.18. The van der Waals surface area contributed by atoms with Crippen LogP contribution in [-0.2, 0) is 0 Å². The van der Waals surface area contributed by atoms with Gasteiger partial charge >= 0.3 is 0 Å². The number of carbonyl (C=O) groups excluding carboxylic acids is 2. The Morgan fingerprint density at radius 2 is 1.68 bits per heavy atom. The van der Waals surface area contributed by atoms with Crippen molar-refractivity contribution < 1.29 is 23.1 Å². The van der Waals surface area contributed by atoms with Crippen LogP contribution in [0.3, 0.4) is 0 Å². The van der Waals surface area contributed by atoms with Gasteiger partial charge in [0.1, 0.15) is 0 Å². The van der Waals surface area contributed by atoms with Crippen LogP contribution in [0.15, 0.2) is 88.5 Å². The molecule has 0 aliphatic carbocycles. The first-order valence-electron chi connectivity index (χ1n) is 10.4. The van der Waals surface area contributed by atoms with Crippen LogP contribution in [0.5, 0.6) is 5.75 Å². The number of thioether (sulfide) groups is 1. The second kappa shape index (κ2) is 10.8. The van der Waals surface area contributed by atoms with Gasteiger partial charge in [-0.3, -0.25) is 9.59 Å². The minimum atomic E-state index is -0.659. The Hall–Kier alpha value is -3.98. The summed E-state index contributed by atoms with van der Waals surface area (Å²) < 4.78 is 24.8. The Balaban J connectivity index is 1.29. The van der Waals surface area contributed by atoms with Gasteiger partial charge in [-0.25, -0.2) is 4.39 Å². The van der Waals surface area contributed by atoms with E-state index >= 15 is 0 Å². The lowest BCUT2D eigenvalue weighted by Crippen LogP contribution is -2.11. The maximum Gasteiger partial charge on any atom is 0.277 e. The zero-order chi connectivity index (χ0) is 23.9. The highest BCUT2D eigenvalue weighted by atomic mass is 32.2. The van der Waals surface area contributed by atoms with Gasteiger partial charge in [0, 0.05) is 16.8 Å². The van der Waals surface area contributed by atoms with Crippen LogP contribution in [0.4, 0.5) is 10.1 Å². The van der Waals surface area contributed by atoms with Gasteiger partial charge in [0.2, 0.25) is 0 Å². The molecule has 3 aromatic carbocycles. The number of hydrogen-bond acceptors (Lipinski definition) is 7. The number of ketones is 1. The Labute approximate surface area is 199 Å². The molecule has 9 heteroatoms. The maximum atomic E-state index is 13.8. The highest BCUT2D eigenvalue weighted by molar-refractivity contribution is 7.99. The van der Waals surface area contributed by atoms with Crippen LogP contribution in [0.25, 0.3) is 0 Å². The molecule has 172 valence electrons. The molecule has 0 spiro atoms. The van der Waals surface area contributed by atoms with Gasteiger partial charge in [0.05, 0.1) is 5.75 Å². The number of rotatable bonds is 9. The minimum Gasteiger partial charge on any atom is -0.478 e. The molecule has 0 aliphatic rings. The molecule has 0 aliphatic heterocycles. The quantitative estimate of drug-likeness (QED) is 0.249. The van der Waals surface area contributed by atoms with Gasteiger partial charge in [-0.05, 0) is 55.5 Å². The third-order valence-corrected chi connectivity index (χ3v) is 5.56. The van der Waals surface area contributed by atoms with Crippen LogP contribution in [0.1, 0.15) is 39.6 Å². The second-order valence-corrected chi connectivity index (χ2v) is 8.13. The number of carbonyl (C=O) groups is 2. The molecule has 1 amide bonds. The van der Waals surface area contributed by atoms with Crippen molar-refractivity contribution in [2.45, 2.75) is 18.3 Å². The lowest BCUT2D eigenvalue weighted by atomic mass is 10.1. The van der Waals surface area contributed by atoms with E-state index in [1.165, 1.54) is 12.1 Å². The fourth-order valence-electron chi connectivity index (χ4n) is 2.97. The Morgan fingerprint density at radius 1 is 0.971 bits per heavy atom. The van der Waals surface area contributed by atoms with Crippen LogP contribution >= 0.6 is 11.8 Å². The second-order valence-electron chi connectivity index (χ2n) is 7.21. The third-order valence-electron chi connectivity index (χ3n) is 4.74. The van der Waals surface area contributed by atoms with Crippen molar-refractivity contribution in [3.05, 3.63) is 102 Å². The molecular weight excluding hydrogens is 457 g/mol. The standard InChI is InChI=1S/C25H20FN3O4S/c1-16(32-22-10-6-5-9-20(22)26)24-28-29-25(33-24)34-15-21(30)17-11-13-19(14-12-17)27-23(31)18-7-3-2-4-8-18/h2-14,16H,15H2,1H3,(H,27,31)/t16-/m0/s1. The molecule has 0 radical (unpaired) electrons. The summed E-state index contributed by atoms with van der Waals surface area (Å²) in [6.07, 6.45) is -0.659. The molecule has 34 heavy (non-hydrogen) atoms. The van der Waals surface area contributed by atoms with Crippen LogP contribution < -0.4 is 10.1 Å². The van der Waals surface area contributed by atoms with Crippen molar-refractivity contribution in [1.82, 2.24) is 10.2 Å². The maximum absolute atomic E-state index is 13.8. The first-order chi connectivity index (χ1) is 16.5. The van der Waals surface area contributed by atoms with Crippen molar-refractivity contribution in [3.63, 3.8) is 0 Å². The average molecular weight is 478 g/mol. The highest BCUT2D eigenvalue weighted by Crippen LogP contribution is 2.26. The molecule has 4 aromatic rings. The van der Waals surface area contributed by atoms with Crippen molar-refractivity contribution >= 4 is 29.1 Å². The summed E-state index contributed by atoms with van der Waals surface area (Å²) >= 11 is 1.09. The number of aromatic nitrogens is 2. The zero-order valence-electron chi connectivity index (χ0n) is 18.1. The van der Waals surface area contributed by atoms with Crippen molar-refractivity contribution in [1.29, 1.82) is 0 Å². The van der Waals surface area contributed by atoms with Gasteiger partial charge < -0.3 is 14.5 Å². The molecule has 1 atom stereocenters. The fourth-order valence-corrected chi connectivity index (χ4v) is 3.63. The van der Waals surface area contributed by atoms with E-state index in [4.69, 9.17) is 9.15 Å². The number of nitrogens with one attached hydrogen (secondary N) is 1. The number of Topliss-reactive ketones (excluding diaryl/α,β-unsaturated/α-hetero) is 1. The molecule has 0 bridgehead atoms. The zero-order valence-corrected chi connectivity index (χ0v) is 18.9. The summed E-state index contributed by atoms with van der Waals surface area (Å²) in [6, 6.07) is 21.5. The number of hydrogen-bond donors (Lipinski definition) is 1. The summed E-state index contributed by atoms with van der Waals surface area (Å²) in [6.45, 7) is 1.66. The van der Waals surface area contributed by atoms with E-state index in [0.717, 1.165) is 11.8 Å². The lowest BCUT2D eigenvalue weighted by Gasteiger charge is -2.11. The summed E-state index contributed by atoms with van der Waals surface area (Å²) in [5.41, 5.74) is 1.62. The monoisotopic (exact) mass is 477 g/mol. The number of amides is 1. The number of benzene rings is 3. The number of para-hydroxylation sites is 1. The molecule has 1 aromatic heterocycles. The molecule has 0 saturated heterocycles. The fraction of sp³-hybridized carbons (Fsp3) is 0.120. The molecule has 0 saturated carbocycles. The predicted molar refractivity (Wildman–Crippen MR) is 126 cm³/mol. The minimum absolute atomic E-state index is 0.0832. The molecule has 0 fully saturated rings. The van der Waals surface area contributed by atoms with Crippen LogP contribution in [0, 0.1) is 5.82 Å². The van der Waals surface area contributed by atoms with Gasteiger partial charge in [0.25, 0.3) is 17.0 Å². The number of ether oxygens (including phenoxy) is 1.